The highest BCUT2D eigenvalue weighted by Crippen LogP contribution is 2.37. The van der Waals surface area contributed by atoms with Crippen molar-refractivity contribution in [3.63, 3.8) is 0 Å². The highest BCUT2D eigenvalue weighted by Gasteiger charge is 2.27. The van der Waals surface area contributed by atoms with Gasteiger partial charge < -0.3 is 9.80 Å². The lowest BCUT2D eigenvalue weighted by Gasteiger charge is -2.34. The first-order chi connectivity index (χ1) is 8.25. The van der Waals surface area contributed by atoms with E-state index in [2.05, 4.69) is 33.7 Å². The maximum atomic E-state index is 4.55. The minimum atomic E-state index is 0.626. The van der Waals surface area contributed by atoms with Crippen LogP contribution < -0.4 is 4.90 Å². The van der Waals surface area contributed by atoms with Crippen LogP contribution in [0.15, 0.2) is 6.33 Å². The van der Waals surface area contributed by atoms with Gasteiger partial charge in [0.05, 0.1) is 0 Å². The second-order valence-electron chi connectivity index (χ2n) is 5.29. The summed E-state index contributed by atoms with van der Waals surface area (Å²) in [7, 11) is 2.18. The van der Waals surface area contributed by atoms with Crippen LogP contribution in [0.25, 0.3) is 0 Å². The molecular formula is C13H20N4. The SMILES string of the molecule is CC1CCc2ncnc(N3CCN(C)CC3)c21. The normalized spacial score (nSPS) is 25.1. The van der Waals surface area contributed by atoms with Crippen LogP contribution in [0.4, 0.5) is 5.82 Å². The Kier molecular flexibility index (Phi) is 2.74. The Morgan fingerprint density at radius 3 is 2.71 bits per heavy atom. The lowest BCUT2D eigenvalue weighted by molar-refractivity contribution is 0.311. The van der Waals surface area contributed by atoms with Crippen molar-refractivity contribution in [1.82, 2.24) is 14.9 Å². The van der Waals surface area contributed by atoms with Crippen molar-refractivity contribution < 1.29 is 0 Å². The fraction of sp³-hybridized carbons (Fsp3) is 0.692. The molecule has 1 saturated heterocycles. The summed E-state index contributed by atoms with van der Waals surface area (Å²) in [5, 5.41) is 0. The molecular weight excluding hydrogens is 212 g/mol. The summed E-state index contributed by atoms with van der Waals surface area (Å²) in [6.45, 7) is 6.74. The third kappa shape index (κ3) is 1.90. The predicted molar refractivity (Wildman–Crippen MR) is 68.5 cm³/mol. The molecule has 92 valence electrons. The molecule has 1 atom stereocenters. The summed E-state index contributed by atoms with van der Waals surface area (Å²) in [5.41, 5.74) is 2.69. The smallest absolute Gasteiger partial charge is 0.135 e. The van der Waals surface area contributed by atoms with E-state index in [1.807, 2.05) is 0 Å². The van der Waals surface area contributed by atoms with Crippen molar-refractivity contribution in [1.29, 1.82) is 0 Å². The number of aromatic nitrogens is 2. The number of aryl methyl sites for hydroxylation is 1. The second-order valence-corrected chi connectivity index (χ2v) is 5.29. The van der Waals surface area contributed by atoms with Gasteiger partial charge in [0.1, 0.15) is 12.1 Å². The maximum absolute atomic E-state index is 4.55. The lowest BCUT2D eigenvalue weighted by Crippen LogP contribution is -2.45. The van der Waals surface area contributed by atoms with E-state index in [0.717, 1.165) is 32.6 Å². The molecule has 2 aliphatic rings. The number of hydrogen-bond acceptors (Lipinski definition) is 4. The first-order valence-corrected chi connectivity index (χ1v) is 6.53. The largest absolute Gasteiger partial charge is 0.354 e. The third-order valence-electron chi connectivity index (χ3n) is 4.06. The molecule has 0 N–H and O–H groups in total. The number of fused-ring (bicyclic) bond motifs is 1. The van der Waals surface area contributed by atoms with E-state index in [1.54, 1.807) is 6.33 Å². The average molecular weight is 232 g/mol. The maximum Gasteiger partial charge on any atom is 0.135 e. The molecule has 3 rings (SSSR count). The van der Waals surface area contributed by atoms with Gasteiger partial charge in [0.2, 0.25) is 0 Å². The van der Waals surface area contributed by atoms with Crippen LogP contribution in [0.5, 0.6) is 0 Å². The minimum absolute atomic E-state index is 0.626. The standard InChI is InChI=1S/C13H20N4/c1-10-3-4-11-12(10)13(15-9-14-11)17-7-5-16(2)6-8-17/h9-10H,3-8H2,1-2H3. The van der Waals surface area contributed by atoms with Gasteiger partial charge in [0.25, 0.3) is 0 Å². The molecule has 0 bridgehead atoms. The Labute approximate surface area is 103 Å². The fourth-order valence-electron chi connectivity index (χ4n) is 2.89. The van der Waals surface area contributed by atoms with Crippen LogP contribution in [0.1, 0.15) is 30.5 Å². The van der Waals surface area contributed by atoms with Crippen molar-refractivity contribution in [2.24, 2.45) is 0 Å². The molecule has 1 aromatic heterocycles. The molecule has 1 fully saturated rings. The van der Waals surface area contributed by atoms with Crippen LogP contribution in [0, 0.1) is 0 Å². The van der Waals surface area contributed by atoms with Gasteiger partial charge in [0.15, 0.2) is 0 Å². The average Bonchev–Trinajstić information content (AvgIpc) is 2.73. The van der Waals surface area contributed by atoms with E-state index in [4.69, 9.17) is 0 Å². The van der Waals surface area contributed by atoms with Crippen LogP contribution in [-0.2, 0) is 6.42 Å². The molecule has 4 nitrogen and oxygen atoms in total. The summed E-state index contributed by atoms with van der Waals surface area (Å²) in [4.78, 5) is 13.8. The van der Waals surface area contributed by atoms with Gasteiger partial charge in [-0.15, -0.1) is 0 Å². The van der Waals surface area contributed by atoms with E-state index >= 15 is 0 Å². The number of hydrogen-bond donors (Lipinski definition) is 0. The van der Waals surface area contributed by atoms with E-state index in [1.165, 1.54) is 23.5 Å². The van der Waals surface area contributed by atoms with E-state index in [0.29, 0.717) is 5.92 Å². The van der Waals surface area contributed by atoms with E-state index < -0.39 is 0 Å². The predicted octanol–water partition coefficient (Wildman–Crippen LogP) is 1.28. The van der Waals surface area contributed by atoms with Gasteiger partial charge >= 0.3 is 0 Å². The molecule has 2 heterocycles. The highest BCUT2D eigenvalue weighted by atomic mass is 15.3. The molecule has 17 heavy (non-hydrogen) atoms. The molecule has 4 heteroatoms. The summed E-state index contributed by atoms with van der Waals surface area (Å²) < 4.78 is 0. The Morgan fingerprint density at radius 2 is 1.94 bits per heavy atom. The summed E-state index contributed by atoms with van der Waals surface area (Å²) >= 11 is 0. The van der Waals surface area contributed by atoms with E-state index in [-0.39, 0.29) is 0 Å². The molecule has 0 aromatic carbocycles. The van der Waals surface area contributed by atoms with Crippen LogP contribution in [0.2, 0.25) is 0 Å². The second kappa shape index (κ2) is 4.26. The van der Waals surface area contributed by atoms with Crippen molar-refractivity contribution in [3.8, 4) is 0 Å². The molecule has 0 spiro atoms. The first kappa shape index (κ1) is 11.0. The van der Waals surface area contributed by atoms with E-state index in [9.17, 15) is 0 Å². The summed E-state index contributed by atoms with van der Waals surface area (Å²) in [6, 6.07) is 0. The zero-order chi connectivity index (χ0) is 11.8. The number of likely N-dealkylation sites (N-methyl/N-ethyl adjacent to an activating group) is 1. The Hall–Kier alpha value is -1.16. The molecule has 1 aliphatic carbocycles. The molecule has 1 aliphatic heterocycles. The van der Waals surface area contributed by atoms with Crippen molar-refractivity contribution in [2.45, 2.75) is 25.7 Å². The van der Waals surface area contributed by atoms with Crippen LogP contribution in [-0.4, -0.2) is 48.1 Å². The van der Waals surface area contributed by atoms with Crippen molar-refractivity contribution >= 4 is 5.82 Å². The number of anilines is 1. The van der Waals surface area contributed by atoms with Gasteiger partial charge in [0, 0.05) is 37.4 Å². The van der Waals surface area contributed by atoms with Gasteiger partial charge in [-0.2, -0.15) is 0 Å². The molecule has 1 unspecified atom stereocenters. The van der Waals surface area contributed by atoms with Crippen molar-refractivity contribution in [3.05, 3.63) is 17.6 Å². The van der Waals surface area contributed by atoms with Gasteiger partial charge in [-0.25, -0.2) is 9.97 Å². The molecule has 0 amide bonds. The monoisotopic (exact) mass is 232 g/mol. The summed E-state index contributed by atoms with van der Waals surface area (Å²) in [5.74, 6) is 1.83. The highest BCUT2D eigenvalue weighted by molar-refractivity contribution is 5.52. The van der Waals surface area contributed by atoms with Crippen LogP contribution >= 0.6 is 0 Å². The minimum Gasteiger partial charge on any atom is -0.354 e. The molecule has 1 aromatic rings. The third-order valence-corrected chi connectivity index (χ3v) is 4.06. The Balaban J connectivity index is 1.91. The topological polar surface area (TPSA) is 32.3 Å². The van der Waals surface area contributed by atoms with Gasteiger partial charge in [-0.05, 0) is 25.8 Å². The molecule has 0 radical (unpaired) electrons. The van der Waals surface area contributed by atoms with Crippen molar-refractivity contribution in [2.75, 3.05) is 38.1 Å². The quantitative estimate of drug-likeness (QED) is 0.730. The Morgan fingerprint density at radius 1 is 1.18 bits per heavy atom. The number of rotatable bonds is 1. The number of piperazine rings is 1. The van der Waals surface area contributed by atoms with Gasteiger partial charge in [-0.1, -0.05) is 6.92 Å². The summed E-state index contributed by atoms with van der Waals surface area (Å²) in [6.07, 6.45) is 4.10. The lowest BCUT2D eigenvalue weighted by atomic mass is 10.1. The van der Waals surface area contributed by atoms with Gasteiger partial charge in [-0.3, -0.25) is 0 Å². The zero-order valence-corrected chi connectivity index (χ0v) is 10.7. The fourth-order valence-corrected chi connectivity index (χ4v) is 2.89. The number of nitrogens with zero attached hydrogens (tertiary/aromatic N) is 4. The first-order valence-electron chi connectivity index (χ1n) is 6.53. The van der Waals surface area contributed by atoms with Crippen LogP contribution in [0.3, 0.4) is 0 Å². The molecule has 0 saturated carbocycles. The zero-order valence-electron chi connectivity index (χ0n) is 10.7. The Bertz CT molecular complexity index is 410.